The van der Waals surface area contributed by atoms with Crippen LogP contribution in [0.1, 0.15) is 77.0 Å². The molecule has 0 unspecified atom stereocenters. The van der Waals surface area contributed by atoms with Crippen molar-refractivity contribution in [2.45, 2.75) is 77.0 Å². The van der Waals surface area contributed by atoms with Crippen LogP contribution in [0.4, 0.5) is 0 Å². The maximum atomic E-state index is 9.90. The minimum Gasteiger partial charge on any atom is -0.481 e. The summed E-state index contributed by atoms with van der Waals surface area (Å²) in [6, 6.07) is 0. The van der Waals surface area contributed by atoms with Crippen molar-refractivity contribution >= 4 is 35.8 Å². The molecule has 0 aromatic rings. The van der Waals surface area contributed by atoms with E-state index in [-0.39, 0.29) is 120 Å². The van der Waals surface area contributed by atoms with Crippen molar-refractivity contribution in [3.8, 4) is 0 Å². The SMILES string of the molecule is O=C(O)CCCCC(=O)O.O=C(O)CCCCC(=O)O.O=C(O)CCCCC(=O)O.[Nd].[Nd]. The first-order valence-electron chi connectivity index (χ1n) is 9.19. The summed E-state index contributed by atoms with van der Waals surface area (Å²) in [5, 5.41) is 48.8. The fourth-order valence-corrected chi connectivity index (χ4v) is 1.66. The van der Waals surface area contributed by atoms with Crippen LogP contribution in [0, 0.1) is 81.7 Å². The van der Waals surface area contributed by atoms with Gasteiger partial charge in [0.1, 0.15) is 0 Å². The van der Waals surface area contributed by atoms with Crippen molar-refractivity contribution in [1.82, 2.24) is 0 Å². The molecule has 0 fully saturated rings. The van der Waals surface area contributed by atoms with E-state index >= 15 is 0 Å². The molecule has 0 bridgehead atoms. The number of rotatable bonds is 15. The van der Waals surface area contributed by atoms with Gasteiger partial charge in [0.05, 0.1) is 0 Å². The molecule has 0 heterocycles. The molecule has 0 atom stereocenters. The second kappa shape index (κ2) is 30.5. The Balaban J connectivity index is -0.000000110. The average molecular weight is 727 g/mol. The van der Waals surface area contributed by atoms with Crippen molar-refractivity contribution in [2.24, 2.45) is 0 Å². The summed E-state index contributed by atoms with van der Waals surface area (Å²) in [6.07, 6.45) is 3.05. The zero-order chi connectivity index (χ0) is 23.9. The van der Waals surface area contributed by atoms with Crippen molar-refractivity contribution in [1.29, 1.82) is 0 Å². The summed E-state index contributed by atoms with van der Waals surface area (Å²) < 4.78 is 0. The quantitative estimate of drug-likeness (QED) is 0.134. The molecule has 0 saturated heterocycles. The Morgan fingerprint density at radius 2 is 0.406 bits per heavy atom. The first-order chi connectivity index (χ1) is 13.9. The maximum absolute atomic E-state index is 9.90. The summed E-state index contributed by atoms with van der Waals surface area (Å²) in [4.78, 5) is 59.4. The van der Waals surface area contributed by atoms with Gasteiger partial charge in [0.25, 0.3) is 0 Å². The van der Waals surface area contributed by atoms with Gasteiger partial charge < -0.3 is 30.6 Å². The van der Waals surface area contributed by atoms with Gasteiger partial charge in [-0.1, -0.05) is 0 Å². The Bertz CT molecular complexity index is 428. The topological polar surface area (TPSA) is 224 Å². The van der Waals surface area contributed by atoms with Crippen LogP contribution in [-0.2, 0) is 28.8 Å². The molecule has 0 spiro atoms. The van der Waals surface area contributed by atoms with Gasteiger partial charge in [0.2, 0.25) is 0 Å². The van der Waals surface area contributed by atoms with Crippen molar-refractivity contribution < 1.29 is 141 Å². The van der Waals surface area contributed by atoms with Crippen LogP contribution in [0.5, 0.6) is 0 Å². The monoisotopic (exact) mass is 722 g/mol. The third-order valence-electron chi connectivity index (χ3n) is 3.09. The molecule has 0 amide bonds. The number of carboxylic acid groups (broad SMARTS) is 6. The van der Waals surface area contributed by atoms with Crippen molar-refractivity contribution in [3.63, 3.8) is 0 Å². The van der Waals surface area contributed by atoms with Gasteiger partial charge in [-0.15, -0.1) is 0 Å². The molecule has 182 valence electrons. The minimum atomic E-state index is -0.870. The first-order valence-corrected chi connectivity index (χ1v) is 9.19. The summed E-state index contributed by atoms with van der Waals surface area (Å²) in [7, 11) is 0. The van der Waals surface area contributed by atoms with Crippen molar-refractivity contribution in [2.75, 3.05) is 0 Å². The third-order valence-corrected chi connectivity index (χ3v) is 3.09. The molecule has 0 aromatic heterocycles. The van der Waals surface area contributed by atoms with Crippen LogP contribution in [0.3, 0.4) is 0 Å². The molecular formula is C18H30Nd2O12. The molecule has 0 radical (unpaired) electrons. The number of aliphatic carboxylic acids is 6. The Hall–Kier alpha value is -0.479. The van der Waals surface area contributed by atoms with Crippen LogP contribution in [-0.4, -0.2) is 66.5 Å². The molecule has 0 rings (SSSR count). The van der Waals surface area contributed by atoms with Gasteiger partial charge in [-0.25, -0.2) is 0 Å². The number of carboxylic acids is 6. The number of unbranched alkanes of at least 4 members (excludes halogenated alkanes) is 3. The largest absolute Gasteiger partial charge is 0.481 e. The second-order valence-corrected chi connectivity index (χ2v) is 5.98. The van der Waals surface area contributed by atoms with Gasteiger partial charge in [0, 0.05) is 120 Å². The molecule has 6 N–H and O–H groups in total. The van der Waals surface area contributed by atoms with Gasteiger partial charge in [-0.2, -0.15) is 0 Å². The predicted molar refractivity (Wildman–Crippen MR) is 101 cm³/mol. The van der Waals surface area contributed by atoms with Gasteiger partial charge >= 0.3 is 35.8 Å². The Morgan fingerprint density at radius 1 is 0.312 bits per heavy atom. The molecule has 0 aliphatic heterocycles. The summed E-state index contributed by atoms with van der Waals surface area (Å²) in [5.41, 5.74) is 0. The first kappa shape index (κ1) is 41.7. The fourth-order valence-electron chi connectivity index (χ4n) is 1.66. The number of hydrogen-bond donors (Lipinski definition) is 6. The molecule has 32 heavy (non-hydrogen) atoms. The molecule has 12 nitrogen and oxygen atoms in total. The van der Waals surface area contributed by atoms with E-state index in [1.54, 1.807) is 0 Å². The van der Waals surface area contributed by atoms with E-state index in [9.17, 15) is 28.8 Å². The summed E-state index contributed by atoms with van der Waals surface area (Å²) in [6.45, 7) is 0. The molecule has 0 aliphatic rings. The molecule has 0 aliphatic carbocycles. The normalized spacial score (nSPS) is 8.62. The standard InChI is InChI=1S/3C6H10O4.2Nd/c3*7-5(8)3-1-2-4-6(9)10;;/h3*1-4H2,(H,7,8)(H,9,10);;. The van der Waals surface area contributed by atoms with E-state index in [1.165, 1.54) is 0 Å². The predicted octanol–water partition coefficient (Wildman–Crippen LogP) is 2.15. The Kier molecular flexibility index (Phi) is 39.8. The summed E-state index contributed by atoms with van der Waals surface area (Å²) >= 11 is 0. The fraction of sp³-hybridized carbons (Fsp3) is 0.667. The molecule has 0 aromatic carbocycles. The molecular weight excluding hydrogens is 697 g/mol. The average Bonchev–Trinajstić information content (AvgIpc) is 2.60. The van der Waals surface area contributed by atoms with Gasteiger partial charge in [0.15, 0.2) is 0 Å². The van der Waals surface area contributed by atoms with E-state index in [0.717, 1.165) is 0 Å². The molecule has 14 heteroatoms. The van der Waals surface area contributed by atoms with Crippen LogP contribution in [0.2, 0.25) is 0 Å². The Labute approximate surface area is 251 Å². The number of carbonyl (C=O) groups is 6. The van der Waals surface area contributed by atoms with Crippen molar-refractivity contribution in [3.05, 3.63) is 0 Å². The maximum Gasteiger partial charge on any atom is 0.303 e. The van der Waals surface area contributed by atoms with Gasteiger partial charge in [-0.3, -0.25) is 28.8 Å². The second-order valence-electron chi connectivity index (χ2n) is 5.98. The smallest absolute Gasteiger partial charge is 0.303 e. The van der Waals surface area contributed by atoms with Crippen LogP contribution < -0.4 is 0 Å². The van der Waals surface area contributed by atoms with Crippen LogP contribution in [0.25, 0.3) is 0 Å². The van der Waals surface area contributed by atoms with E-state index in [0.29, 0.717) is 38.5 Å². The van der Waals surface area contributed by atoms with Gasteiger partial charge in [-0.05, 0) is 38.5 Å². The van der Waals surface area contributed by atoms with Crippen LogP contribution >= 0.6 is 0 Å². The van der Waals surface area contributed by atoms with Crippen LogP contribution in [0.15, 0.2) is 0 Å². The van der Waals surface area contributed by atoms with E-state index < -0.39 is 35.8 Å². The zero-order valence-electron chi connectivity index (χ0n) is 17.6. The number of hydrogen-bond acceptors (Lipinski definition) is 6. The third kappa shape index (κ3) is 57.0. The molecule has 0 saturated carbocycles. The van der Waals surface area contributed by atoms with E-state index in [4.69, 9.17) is 30.6 Å². The minimum absolute atomic E-state index is 0. The van der Waals surface area contributed by atoms with E-state index in [1.807, 2.05) is 0 Å². The Morgan fingerprint density at radius 3 is 0.469 bits per heavy atom. The summed E-state index contributed by atoms with van der Waals surface area (Å²) in [5.74, 6) is -5.22. The zero-order valence-corrected chi connectivity index (χ0v) is 24.0. The van der Waals surface area contributed by atoms with E-state index in [2.05, 4.69) is 0 Å².